The highest BCUT2D eigenvalue weighted by atomic mass is 16.5. The molecular formula is C18H16N4O3. The highest BCUT2D eigenvalue weighted by Crippen LogP contribution is 2.36. The maximum absolute atomic E-state index is 5.52. The average molecular weight is 336 g/mol. The highest BCUT2D eigenvalue weighted by molar-refractivity contribution is 5.95. The van der Waals surface area contributed by atoms with Gasteiger partial charge in [0.25, 0.3) is 0 Å². The molecule has 0 radical (unpaired) electrons. The van der Waals surface area contributed by atoms with E-state index in [2.05, 4.69) is 10.2 Å². The van der Waals surface area contributed by atoms with E-state index in [1.165, 1.54) is 6.39 Å². The second-order valence-corrected chi connectivity index (χ2v) is 5.42. The number of hydrogen-bond donors (Lipinski definition) is 0. The molecule has 2 aromatic carbocycles. The molecule has 0 amide bonds. The van der Waals surface area contributed by atoms with Gasteiger partial charge in [0.15, 0.2) is 0 Å². The quantitative estimate of drug-likeness (QED) is 0.557. The maximum atomic E-state index is 5.52. The van der Waals surface area contributed by atoms with Crippen molar-refractivity contribution >= 4 is 10.9 Å². The number of methoxy groups -OCH3 is 2. The van der Waals surface area contributed by atoms with E-state index in [1.807, 2.05) is 47.1 Å². The third kappa shape index (κ3) is 2.69. The van der Waals surface area contributed by atoms with Gasteiger partial charge < -0.3 is 13.9 Å². The third-order valence-corrected chi connectivity index (χ3v) is 4.01. The molecule has 0 saturated heterocycles. The summed E-state index contributed by atoms with van der Waals surface area (Å²) in [5, 5.41) is 13.4. The summed E-state index contributed by atoms with van der Waals surface area (Å²) >= 11 is 0. The van der Waals surface area contributed by atoms with Crippen LogP contribution in [0.5, 0.6) is 11.5 Å². The van der Waals surface area contributed by atoms with Gasteiger partial charge in [0.2, 0.25) is 12.3 Å². The van der Waals surface area contributed by atoms with E-state index in [9.17, 15) is 0 Å². The molecule has 7 heteroatoms. The fourth-order valence-electron chi connectivity index (χ4n) is 2.84. The van der Waals surface area contributed by atoms with Gasteiger partial charge in [0, 0.05) is 10.9 Å². The van der Waals surface area contributed by atoms with Gasteiger partial charge in [0.1, 0.15) is 23.7 Å². The van der Waals surface area contributed by atoms with Crippen molar-refractivity contribution in [3.05, 3.63) is 54.7 Å². The Morgan fingerprint density at radius 3 is 2.72 bits per heavy atom. The van der Waals surface area contributed by atoms with Crippen molar-refractivity contribution in [3.63, 3.8) is 0 Å². The second-order valence-electron chi connectivity index (χ2n) is 5.42. The number of hydrogen-bond acceptors (Lipinski definition) is 6. The molecule has 7 nitrogen and oxygen atoms in total. The Kier molecular flexibility index (Phi) is 3.81. The van der Waals surface area contributed by atoms with Crippen LogP contribution in [0.2, 0.25) is 0 Å². The van der Waals surface area contributed by atoms with Crippen molar-refractivity contribution in [1.82, 2.24) is 20.0 Å². The molecule has 0 atom stereocenters. The number of para-hydroxylation sites is 1. The molecule has 0 aliphatic rings. The molecule has 0 bridgehead atoms. The summed E-state index contributed by atoms with van der Waals surface area (Å²) in [4.78, 5) is 0. The molecule has 0 unspecified atom stereocenters. The molecular weight excluding hydrogens is 320 g/mol. The lowest BCUT2D eigenvalue weighted by Crippen LogP contribution is -2.02. The van der Waals surface area contributed by atoms with Crippen LogP contribution in [0.3, 0.4) is 0 Å². The minimum Gasteiger partial charge on any atom is -0.497 e. The van der Waals surface area contributed by atoms with Crippen LogP contribution in [0, 0.1) is 0 Å². The van der Waals surface area contributed by atoms with Crippen LogP contribution in [-0.4, -0.2) is 34.2 Å². The topological polar surface area (TPSA) is 75.2 Å². The van der Waals surface area contributed by atoms with E-state index in [0.29, 0.717) is 12.4 Å². The first-order valence-corrected chi connectivity index (χ1v) is 7.73. The van der Waals surface area contributed by atoms with Gasteiger partial charge in [-0.05, 0) is 24.3 Å². The maximum Gasteiger partial charge on any atom is 0.237 e. The highest BCUT2D eigenvalue weighted by Gasteiger charge is 2.17. The molecule has 2 heterocycles. The fraction of sp³-hybridized carbons (Fsp3) is 0.167. The van der Waals surface area contributed by atoms with E-state index < -0.39 is 0 Å². The van der Waals surface area contributed by atoms with Gasteiger partial charge in [0.05, 0.1) is 19.7 Å². The first-order valence-electron chi connectivity index (χ1n) is 7.73. The fourth-order valence-corrected chi connectivity index (χ4v) is 2.84. The number of benzene rings is 2. The molecule has 0 aliphatic carbocycles. The van der Waals surface area contributed by atoms with Crippen molar-refractivity contribution < 1.29 is 13.9 Å². The Morgan fingerprint density at radius 2 is 1.96 bits per heavy atom. The smallest absolute Gasteiger partial charge is 0.237 e. The predicted octanol–water partition coefficient (Wildman–Crippen LogP) is 3.15. The van der Waals surface area contributed by atoms with E-state index >= 15 is 0 Å². The lowest BCUT2D eigenvalue weighted by Gasteiger charge is -2.09. The Hall–Kier alpha value is -3.35. The zero-order chi connectivity index (χ0) is 17.2. The van der Waals surface area contributed by atoms with Crippen molar-refractivity contribution in [2.45, 2.75) is 6.54 Å². The summed E-state index contributed by atoms with van der Waals surface area (Å²) in [6.45, 7) is 0.396. The zero-order valence-corrected chi connectivity index (χ0v) is 13.8. The summed E-state index contributed by atoms with van der Waals surface area (Å²) in [6, 6.07) is 13.7. The zero-order valence-electron chi connectivity index (χ0n) is 13.8. The normalized spacial score (nSPS) is 11.0. The van der Waals surface area contributed by atoms with Crippen LogP contribution in [-0.2, 0) is 6.54 Å². The molecule has 4 rings (SSSR count). The lowest BCUT2D eigenvalue weighted by molar-refractivity contribution is 0.404. The minimum atomic E-state index is 0.396. The van der Waals surface area contributed by atoms with Crippen LogP contribution in [0.4, 0.5) is 0 Å². The van der Waals surface area contributed by atoms with Crippen molar-refractivity contribution in [2.75, 3.05) is 14.2 Å². The number of nitrogens with zero attached hydrogens (tertiary/aromatic N) is 4. The van der Waals surface area contributed by atoms with Gasteiger partial charge in [-0.25, -0.2) is 0 Å². The predicted molar refractivity (Wildman–Crippen MR) is 91.7 cm³/mol. The van der Waals surface area contributed by atoms with Gasteiger partial charge in [-0.3, -0.25) is 4.68 Å². The molecule has 0 saturated carbocycles. The Bertz CT molecular complexity index is 1010. The van der Waals surface area contributed by atoms with E-state index in [0.717, 1.165) is 33.7 Å². The molecule has 0 aliphatic heterocycles. The molecule has 0 N–H and O–H groups in total. The number of fused-ring (bicyclic) bond motifs is 1. The van der Waals surface area contributed by atoms with Crippen molar-refractivity contribution in [3.8, 4) is 22.8 Å². The molecule has 0 spiro atoms. The monoisotopic (exact) mass is 336 g/mol. The number of ether oxygens (including phenoxy) is 2. The van der Waals surface area contributed by atoms with Gasteiger partial charge in [-0.15, -0.1) is 10.2 Å². The number of aromatic nitrogens is 4. The lowest BCUT2D eigenvalue weighted by atomic mass is 10.1. The van der Waals surface area contributed by atoms with Gasteiger partial charge in [-0.1, -0.05) is 18.2 Å². The van der Waals surface area contributed by atoms with E-state index in [4.69, 9.17) is 19.0 Å². The largest absolute Gasteiger partial charge is 0.497 e. The van der Waals surface area contributed by atoms with Gasteiger partial charge >= 0.3 is 0 Å². The first-order chi connectivity index (χ1) is 12.3. The van der Waals surface area contributed by atoms with Crippen LogP contribution in [0.25, 0.3) is 22.2 Å². The van der Waals surface area contributed by atoms with E-state index in [-0.39, 0.29) is 0 Å². The first kappa shape index (κ1) is 15.2. The minimum absolute atomic E-state index is 0.396. The number of rotatable bonds is 5. The second kappa shape index (κ2) is 6.27. The van der Waals surface area contributed by atoms with Crippen molar-refractivity contribution in [2.24, 2.45) is 0 Å². The Balaban J connectivity index is 1.91. The molecule has 2 aromatic heterocycles. The van der Waals surface area contributed by atoms with Crippen LogP contribution in [0.1, 0.15) is 5.89 Å². The summed E-state index contributed by atoms with van der Waals surface area (Å²) < 4.78 is 18.0. The SMILES string of the molecule is COc1ccc(OC)c(-c2nn(Cc3nnco3)c3ccccc23)c1. The molecule has 4 aromatic rings. The van der Waals surface area contributed by atoms with Crippen LogP contribution in [0.15, 0.2) is 53.3 Å². The van der Waals surface area contributed by atoms with E-state index in [1.54, 1.807) is 14.2 Å². The molecule has 126 valence electrons. The summed E-state index contributed by atoms with van der Waals surface area (Å²) in [6.07, 6.45) is 1.31. The average Bonchev–Trinajstić information content (AvgIpc) is 3.30. The summed E-state index contributed by atoms with van der Waals surface area (Å²) in [5.74, 6) is 1.97. The molecule has 0 fully saturated rings. The Morgan fingerprint density at radius 1 is 1.08 bits per heavy atom. The standard InChI is InChI=1S/C18H16N4O3/c1-23-12-7-8-16(24-2)14(9-12)18-13-5-3-4-6-15(13)22(21-18)10-17-20-19-11-25-17/h3-9,11H,10H2,1-2H3. The molecule has 25 heavy (non-hydrogen) atoms. The van der Waals surface area contributed by atoms with Crippen LogP contribution >= 0.6 is 0 Å². The van der Waals surface area contributed by atoms with Crippen LogP contribution < -0.4 is 9.47 Å². The summed E-state index contributed by atoms with van der Waals surface area (Å²) in [7, 11) is 3.28. The summed E-state index contributed by atoms with van der Waals surface area (Å²) in [5.41, 5.74) is 2.65. The van der Waals surface area contributed by atoms with Crippen molar-refractivity contribution in [1.29, 1.82) is 0 Å². The Labute approximate surface area is 143 Å². The van der Waals surface area contributed by atoms with Gasteiger partial charge in [-0.2, -0.15) is 5.10 Å². The third-order valence-electron chi connectivity index (χ3n) is 4.01.